The lowest BCUT2D eigenvalue weighted by Crippen LogP contribution is -2.52. The van der Waals surface area contributed by atoms with Gasteiger partial charge in [-0.2, -0.15) is 0 Å². The maximum Gasteiger partial charge on any atom is 0.329 e. The number of nitrogens with zero attached hydrogens (tertiary/aromatic N) is 5. The van der Waals surface area contributed by atoms with Crippen LogP contribution in [0.1, 0.15) is 97.4 Å². The van der Waals surface area contributed by atoms with Gasteiger partial charge in [0.2, 0.25) is 17.7 Å². The van der Waals surface area contributed by atoms with E-state index < -0.39 is 29.6 Å². The highest BCUT2D eigenvalue weighted by atomic mass is 19.3. The van der Waals surface area contributed by atoms with Gasteiger partial charge in [-0.05, 0) is 117 Å². The van der Waals surface area contributed by atoms with Crippen molar-refractivity contribution >= 4 is 56.8 Å². The van der Waals surface area contributed by atoms with Crippen molar-refractivity contribution in [1.82, 2.24) is 34.9 Å². The quantitative estimate of drug-likeness (QED) is 0.0897. The van der Waals surface area contributed by atoms with Crippen molar-refractivity contribution in [1.29, 1.82) is 0 Å². The number of aryl methyl sites for hydroxylation is 2. The zero-order valence-corrected chi connectivity index (χ0v) is 41.7. The third kappa shape index (κ3) is 10.3. The number of imidazole rings is 1. The van der Waals surface area contributed by atoms with Gasteiger partial charge in [0.1, 0.15) is 17.8 Å². The number of fused-ring (bicyclic) bond motifs is 2. The highest BCUT2D eigenvalue weighted by molar-refractivity contribution is 6.00. The van der Waals surface area contributed by atoms with Crippen LogP contribution in [0.4, 0.5) is 24.5 Å². The summed E-state index contributed by atoms with van der Waals surface area (Å²) < 4.78 is 48.1. The van der Waals surface area contributed by atoms with Crippen LogP contribution in [-0.4, -0.2) is 119 Å². The number of benzene rings is 4. The van der Waals surface area contributed by atoms with Crippen molar-refractivity contribution in [2.24, 2.45) is 18.9 Å². The van der Waals surface area contributed by atoms with Gasteiger partial charge < -0.3 is 30.7 Å². The van der Waals surface area contributed by atoms with E-state index in [0.29, 0.717) is 80.7 Å². The molecule has 0 bridgehead atoms. The first-order chi connectivity index (χ1) is 35.0. The molecule has 4 N–H and O–H groups in total. The molecule has 0 aliphatic carbocycles. The molecule has 5 saturated heterocycles. The number of nitrogens with one attached hydrogen (secondary N) is 4. The molecule has 5 aliphatic rings. The summed E-state index contributed by atoms with van der Waals surface area (Å²) in [5.74, 6) is 3.12. The van der Waals surface area contributed by atoms with E-state index in [1.807, 2.05) is 73.3 Å². The number of amides is 4. The van der Waals surface area contributed by atoms with Crippen molar-refractivity contribution in [2.45, 2.75) is 94.9 Å². The van der Waals surface area contributed by atoms with Gasteiger partial charge in [0.15, 0.2) is 0 Å². The molecule has 5 aromatic rings. The summed E-state index contributed by atoms with van der Waals surface area (Å²) in [6, 6.07) is 20.7. The minimum atomic E-state index is -2.89. The molecule has 384 valence electrons. The van der Waals surface area contributed by atoms with E-state index >= 15 is 4.39 Å². The van der Waals surface area contributed by atoms with Gasteiger partial charge in [-0.3, -0.25) is 33.6 Å². The third-order valence-corrected chi connectivity index (χ3v) is 16.1. The zero-order chi connectivity index (χ0) is 51.2. The molecular weight excluding hydrogens is 936 g/mol. The van der Waals surface area contributed by atoms with Gasteiger partial charge in [0.05, 0.1) is 23.6 Å². The lowest BCUT2D eigenvalue weighted by molar-refractivity contribution is -0.139. The van der Waals surface area contributed by atoms with Crippen LogP contribution >= 0.6 is 0 Å². The average molecular weight is 1000 g/mol. The van der Waals surface area contributed by atoms with Gasteiger partial charge in [-0.25, -0.2) is 18.0 Å². The number of likely N-dealkylation sites (tertiary alicyclic amines) is 2. The van der Waals surface area contributed by atoms with Crippen LogP contribution in [-0.2, 0) is 21.4 Å². The van der Waals surface area contributed by atoms with Crippen LogP contribution in [0.25, 0.3) is 21.8 Å². The van der Waals surface area contributed by atoms with Gasteiger partial charge >= 0.3 is 5.69 Å². The predicted molar refractivity (Wildman–Crippen MR) is 275 cm³/mol. The Bertz CT molecular complexity index is 3080. The Hall–Kier alpha value is -6.64. The van der Waals surface area contributed by atoms with Gasteiger partial charge in [-0.1, -0.05) is 48.2 Å². The van der Waals surface area contributed by atoms with Gasteiger partial charge in [-0.15, -0.1) is 0 Å². The maximum atomic E-state index is 16.4. The van der Waals surface area contributed by atoms with Crippen LogP contribution < -0.4 is 31.9 Å². The van der Waals surface area contributed by atoms with E-state index in [9.17, 15) is 32.8 Å². The second-order valence-corrected chi connectivity index (χ2v) is 21.0. The van der Waals surface area contributed by atoms with E-state index in [1.165, 1.54) is 9.13 Å². The molecule has 1 aromatic heterocycles. The number of carbonyl (C=O) groups is 4. The van der Waals surface area contributed by atoms with Crippen molar-refractivity contribution in [3.63, 3.8) is 0 Å². The minimum absolute atomic E-state index is 0.0986. The largest absolute Gasteiger partial charge is 0.375 e. The van der Waals surface area contributed by atoms with E-state index in [0.717, 1.165) is 59.1 Å². The molecule has 1 unspecified atom stereocenters. The van der Waals surface area contributed by atoms with E-state index in [-0.39, 0.29) is 67.2 Å². The van der Waals surface area contributed by atoms with Gasteiger partial charge in [0, 0.05) is 99.9 Å². The van der Waals surface area contributed by atoms with Crippen LogP contribution in [0.5, 0.6) is 0 Å². The van der Waals surface area contributed by atoms with Crippen LogP contribution in [0.2, 0.25) is 0 Å². The molecule has 0 spiro atoms. The number of alkyl halides is 3. The standard InChI is InChI=1S/C56H64F3N9O5/c1-35-8-12-40(62-49-32-60-33-56(49,58)59)30-45(35)51(70)61-36(2)42-14-11-38(43-6-4-5-7-44(42)43)10-9-37-18-24-65(25-19-37)34-55(57)22-28-67(29-23-55)53(72)39-20-26-66(27-21-39)41-13-15-46-48(31-41)64(3)54(73)68(46)47-16-17-50(69)63-52(47)71/h4-8,11-15,30-31,36-37,39,47,49,60,62H,16-29,32-34H2,1-3H3,(H,61,70)(H,63,69,71)/t36-,47?,49+/m1/s1. The number of imide groups is 1. The Morgan fingerprint density at radius 2 is 1.59 bits per heavy atom. The fraction of sp³-hybridized carbons (Fsp3) is 0.482. The van der Waals surface area contributed by atoms with Crippen LogP contribution in [0.15, 0.2) is 77.6 Å². The van der Waals surface area contributed by atoms with Crippen molar-refractivity contribution < 1.29 is 32.3 Å². The van der Waals surface area contributed by atoms with Crippen LogP contribution in [0, 0.1) is 30.6 Å². The fourth-order valence-electron chi connectivity index (χ4n) is 11.7. The number of anilines is 2. The molecule has 5 fully saturated rings. The van der Waals surface area contributed by atoms with E-state index in [4.69, 9.17) is 0 Å². The van der Waals surface area contributed by atoms with Gasteiger partial charge in [0.25, 0.3) is 11.8 Å². The zero-order valence-electron chi connectivity index (χ0n) is 41.7. The Labute approximate surface area is 423 Å². The molecule has 0 saturated carbocycles. The first-order valence-electron chi connectivity index (χ1n) is 25.8. The SMILES string of the molecule is Cc1ccc(N[C@H]2CNCC2(F)F)cc1C(=O)N[C@H](C)c1ccc(C#CC2CCN(CC3(F)CCN(C(=O)C4CCN(c5ccc6c(c5)n(C)c(=O)n6C5CCC(=O)NC5=O)CC4)CC3)CC2)c2ccccc12. The fourth-order valence-corrected chi connectivity index (χ4v) is 11.7. The summed E-state index contributed by atoms with van der Waals surface area (Å²) in [6.45, 7) is 7.50. The molecule has 3 atom stereocenters. The summed E-state index contributed by atoms with van der Waals surface area (Å²) in [5, 5.41) is 13.1. The normalized spacial score (nSPS) is 22.2. The predicted octanol–water partition coefficient (Wildman–Crippen LogP) is 6.60. The van der Waals surface area contributed by atoms with E-state index in [1.54, 1.807) is 25.2 Å². The maximum absolute atomic E-state index is 16.4. The summed E-state index contributed by atoms with van der Waals surface area (Å²) >= 11 is 0. The molecule has 6 heterocycles. The molecule has 10 rings (SSSR count). The topological polar surface area (TPSA) is 153 Å². The Morgan fingerprint density at radius 1 is 0.849 bits per heavy atom. The highest BCUT2D eigenvalue weighted by Gasteiger charge is 2.44. The number of rotatable bonds is 10. The third-order valence-electron chi connectivity index (χ3n) is 16.1. The second-order valence-electron chi connectivity index (χ2n) is 21.0. The van der Waals surface area contributed by atoms with Crippen molar-refractivity contribution in [3.8, 4) is 11.8 Å². The number of aromatic nitrogens is 2. The highest BCUT2D eigenvalue weighted by Crippen LogP contribution is 2.35. The van der Waals surface area contributed by atoms with Crippen LogP contribution in [0.3, 0.4) is 0 Å². The molecule has 73 heavy (non-hydrogen) atoms. The molecule has 17 heteroatoms. The first-order valence-corrected chi connectivity index (χ1v) is 25.8. The number of hydrogen-bond acceptors (Lipinski definition) is 9. The second kappa shape index (κ2) is 20.3. The molecule has 4 amide bonds. The number of hydrogen-bond donors (Lipinski definition) is 4. The summed E-state index contributed by atoms with van der Waals surface area (Å²) in [4.78, 5) is 71.3. The van der Waals surface area contributed by atoms with Crippen molar-refractivity contribution in [3.05, 3.63) is 106 Å². The minimum Gasteiger partial charge on any atom is -0.375 e. The molecule has 5 aliphatic heterocycles. The lowest BCUT2D eigenvalue weighted by Gasteiger charge is -2.42. The monoisotopic (exact) mass is 999 g/mol. The first kappa shape index (κ1) is 49.9. The molecule has 4 aromatic carbocycles. The smallest absolute Gasteiger partial charge is 0.329 e. The summed E-state index contributed by atoms with van der Waals surface area (Å²) in [7, 11) is 1.68. The number of halogens is 3. The Balaban J connectivity index is 0.688. The molecule has 14 nitrogen and oxygen atoms in total. The van der Waals surface area contributed by atoms with Crippen molar-refractivity contribution in [2.75, 3.05) is 69.1 Å². The van der Waals surface area contributed by atoms with E-state index in [2.05, 4.69) is 42.9 Å². The summed E-state index contributed by atoms with van der Waals surface area (Å²) in [5.41, 5.74) is 4.05. The number of piperidine rings is 4. The Morgan fingerprint density at radius 3 is 2.30 bits per heavy atom. The Kier molecular flexibility index (Phi) is 13.9. The average Bonchev–Trinajstić information content (AvgIpc) is 3.85. The number of carbonyl (C=O) groups excluding carboxylic acids is 4. The lowest BCUT2D eigenvalue weighted by atomic mass is 9.88. The molecular formula is C56H64F3N9O5. The summed E-state index contributed by atoms with van der Waals surface area (Å²) in [6.07, 6.45) is 4.09. The molecule has 0 radical (unpaired) electrons.